The van der Waals surface area contributed by atoms with Crippen LogP contribution in [-0.4, -0.2) is 55.4 Å². The van der Waals surface area contributed by atoms with E-state index in [1.165, 1.54) is 0 Å². The Morgan fingerprint density at radius 2 is 2.25 bits per heavy atom. The summed E-state index contributed by atoms with van der Waals surface area (Å²) in [5, 5.41) is 2.94. The first-order valence-corrected chi connectivity index (χ1v) is 5.14. The smallest absolute Gasteiger partial charge is 0.362 e. The topological polar surface area (TPSA) is 41.6 Å². The maximum Gasteiger partial charge on any atom is 0.406 e. The number of amides is 1. The van der Waals surface area contributed by atoms with E-state index in [0.717, 1.165) is 4.90 Å². The van der Waals surface area contributed by atoms with Crippen LogP contribution < -0.4 is 5.32 Å². The first kappa shape index (κ1) is 11.7. The Labute approximate surface area is 90.7 Å². The van der Waals surface area contributed by atoms with E-state index in [-0.39, 0.29) is 13.2 Å². The number of alkyl halides is 3. The minimum atomic E-state index is -4.35. The highest BCUT2D eigenvalue weighted by atomic mass is 19.4. The molecule has 92 valence electrons. The minimum Gasteiger partial charge on any atom is -0.362 e. The molecule has 4 nitrogen and oxygen atoms in total. The van der Waals surface area contributed by atoms with Crippen molar-refractivity contribution in [1.29, 1.82) is 0 Å². The summed E-state index contributed by atoms with van der Waals surface area (Å²) < 4.78 is 42.1. The molecule has 7 heteroatoms. The molecule has 0 aromatic heterocycles. The molecule has 0 aromatic carbocycles. The van der Waals surface area contributed by atoms with E-state index < -0.39 is 24.2 Å². The third-order valence-electron chi connectivity index (χ3n) is 2.90. The monoisotopic (exact) mass is 238 g/mol. The molecule has 2 fully saturated rings. The first-order chi connectivity index (χ1) is 7.43. The van der Waals surface area contributed by atoms with Gasteiger partial charge in [-0.2, -0.15) is 13.2 Å². The molecule has 2 rings (SSSR count). The van der Waals surface area contributed by atoms with Crippen molar-refractivity contribution in [3.63, 3.8) is 0 Å². The van der Waals surface area contributed by atoms with E-state index >= 15 is 0 Å². The molecule has 1 spiro atoms. The zero-order valence-corrected chi connectivity index (χ0v) is 8.64. The molecule has 0 radical (unpaired) electrons. The van der Waals surface area contributed by atoms with Crippen molar-refractivity contribution in [2.75, 3.05) is 32.8 Å². The maximum absolute atomic E-state index is 12.2. The predicted molar refractivity (Wildman–Crippen MR) is 48.8 cm³/mol. The molecule has 0 bridgehead atoms. The largest absolute Gasteiger partial charge is 0.406 e. The molecule has 1 amide bonds. The van der Waals surface area contributed by atoms with Gasteiger partial charge < -0.3 is 15.0 Å². The van der Waals surface area contributed by atoms with E-state index in [1.54, 1.807) is 0 Å². The molecule has 1 N–H and O–H groups in total. The van der Waals surface area contributed by atoms with Crippen molar-refractivity contribution >= 4 is 5.91 Å². The Morgan fingerprint density at radius 3 is 2.81 bits per heavy atom. The summed E-state index contributed by atoms with van der Waals surface area (Å²) >= 11 is 0. The van der Waals surface area contributed by atoms with Crippen LogP contribution in [0, 0.1) is 0 Å². The van der Waals surface area contributed by atoms with Gasteiger partial charge in [-0.15, -0.1) is 0 Å². The van der Waals surface area contributed by atoms with Gasteiger partial charge in [-0.3, -0.25) is 4.79 Å². The summed E-state index contributed by atoms with van der Waals surface area (Å²) in [5.41, 5.74) is -1.05. The summed E-state index contributed by atoms with van der Waals surface area (Å²) in [4.78, 5) is 12.7. The lowest BCUT2D eigenvalue weighted by Crippen LogP contribution is -2.59. The number of rotatable bonds is 1. The molecular formula is C9H13F3N2O2. The van der Waals surface area contributed by atoms with E-state index in [0.29, 0.717) is 19.5 Å². The molecule has 0 aromatic rings. The number of nitrogens with one attached hydrogen (secondary N) is 1. The van der Waals surface area contributed by atoms with Crippen LogP contribution in [0.25, 0.3) is 0 Å². The van der Waals surface area contributed by atoms with Crippen LogP contribution in [-0.2, 0) is 9.53 Å². The Morgan fingerprint density at radius 1 is 1.50 bits per heavy atom. The number of hydrogen-bond donors (Lipinski definition) is 1. The third-order valence-corrected chi connectivity index (χ3v) is 2.90. The Balaban J connectivity index is 2.08. The predicted octanol–water partition coefficient (Wildman–Crippen LogP) is 0.140. The van der Waals surface area contributed by atoms with Crippen LogP contribution in [0.4, 0.5) is 13.2 Å². The van der Waals surface area contributed by atoms with Crippen LogP contribution >= 0.6 is 0 Å². The Hall–Kier alpha value is -0.820. The lowest BCUT2D eigenvalue weighted by atomic mass is 9.99. The zero-order valence-electron chi connectivity index (χ0n) is 8.64. The fraction of sp³-hybridized carbons (Fsp3) is 0.889. The summed E-state index contributed by atoms with van der Waals surface area (Å²) in [6.45, 7) is -0.0909. The zero-order chi connectivity index (χ0) is 11.8. The van der Waals surface area contributed by atoms with Gasteiger partial charge in [-0.25, -0.2) is 0 Å². The molecule has 0 unspecified atom stereocenters. The summed E-state index contributed by atoms with van der Waals surface area (Å²) in [5.74, 6) is -0.541. The molecule has 2 heterocycles. The van der Waals surface area contributed by atoms with Crippen molar-refractivity contribution in [1.82, 2.24) is 10.2 Å². The van der Waals surface area contributed by atoms with Gasteiger partial charge in [0.1, 0.15) is 6.54 Å². The number of carbonyl (C=O) groups excluding carboxylic acids is 1. The molecule has 0 aliphatic carbocycles. The van der Waals surface area contributed by atoms with Gasteiger partial charge in [0.2, 0.25) is 0 Å². The molecule has 0 saturated carbocycles. The highest BCUT2D eigenvalue weighted by Gasteiger charge is 2.49. The number of hydrogen-bond acceptors (Lipinski definition) is 3. The average molecular weight is 238 g/mol. The maximum atomic E-state index is 12.2. The van der Waals surface area contributed by atoms with Crippen LogP contribution in [0.1, 0.15) is 6.42 Å². The lowest BCUT2D eigenvalue weighted by Gasteiger charge is -2.39. The molecule has 1 atom stereocenters. The Kier molecular flexibility index (Phi) is 2.83. The van der Waals surface area contributed by atoms with Gasteiger partial charge in [0, 0.05) is 13.1 Å². The highest BCUT2D eigenvalue weighted by molar-refractivity contribution is 5.86. The van der Waals surface area contributed by atoms with E-state index in [2.05, 4.69) is 5.32 Å². The van der Waals surface area contributed by atoms with Crippen LogP contribution in [0.5, 0.6) is 0 Å². The standard InChI is InChI=1S/C9H13F3N2O2/c10-9(11,12)6-14-3-4-16-8(7(14)15)1-2-13-5-8/h13H,1-6H2/t8-/m1/s1. The lowest BCUT2D eigenvalue weighted by molar-refractivity contribution is -0.189. The van der Waals surface area contributed by atoms with Gasteiger partial charge in [0.15, 0.2) is 5.60 Å². The second-order valence-electron chi connectivity index (χ2n) is 4.11. The number of halogens is 3. The molecule has 16 heavy (non-hydrogen) atoms. The molecule has 2 saturated heterocycles. The van der Waals surface area contributed by atoms with Crippen molar-refractivity contribution in [2.45, 2.75) is 18.2 Å². The summed E-state index contributed by atoms with van der Waals surface area (Å²) in [6, 6.07) is 0. The van der Waals surface area contributed by atoms with Gasteiger partial charge in [0.25, 0.3) is 5.91 Å². The number of ether oxygens (including phenoxy) is 1. The second kappa shape index (κ2) is 3.89. The normalized spacial score (nSPS) is 31.4. The fourth-order valence-electron chi connectivity index (χ4n) is 2.14. The molecule has 2 aliphatic heterocycles. The minimum absolute atomic E-state index is 0.0140. The third kappa shape index (κ3) is 2.15. The SMILES string of the molecule is O=C1N(CC(F)(F)F)CCO[C@@]12CCNC2. The summed E-state index contributed by atoms with van der Waals surface area (Å²) in [6.07, 6.45) is -3.90. The molecule has 2 aliphatic rings. The number of nitrogens with zero attached hydrogens (tertiary/aromatic N) is 1. The van der Waals surface area contributed by atoms with Gasteiger partial charge in [0.05, 0.1) is 6.61 Å². The molecular weight excluding hydrogens is 225 g/mol. The van der Waals surface area contributed by atoms with Crippen molar-refractivity contribution in [3.8, 4) is 0 Å². The Bertz CT molecular complexity index is 287. The van der Waals surface area contributed by atoms with Crippen LogP contribution in [0.2, 0.25) is 0 Å². The first-order valence-electron chi connectivity index (χ1n) is 5.14. The van der Waals surface area contributed by atoms with Crippen LogP contribution in [0.3, 0.4) is 0 Å². The number of morpholine rings is 1. The summed E-state index contributed by atoms with van der Waals surface area (Å²) in [7, 11) is 0. The van der Waals surface area contributed by atoms with E-state index in [1.807, 2.05) is 0 Å². The van der Waals surface area contributed by atoms with E-state index in [4.69, 9.17) is 4.74 Å². The quantitative estimate of drug-likeness (QED) is 0.706. The van der Waals surface area contributed by atoms with Crippen LogP contribution in [0.15, 0.2) is 0 Å². The van der Waals surface area contributed by atoms with Gasteiger partial charge in [-0.1, -0.05) is 0 Å². The van der Waals surface area contributed by atoms with Gasteiger partial charge in [-0.05, 0) is 13.0 Å². The van der Waals surface area contributed by atoms with Crippen molar-refractivity contribution < 1.29 is 22.7 Å². The van der Waals surface area contributed by atoms with Crippen molar-refractivity contribution in [2.24, 2.45) is 0 Å². The fourth-order valence-corrected chi connectivity index (χ4v) is 2.14. The van der Waals surface area contributed by atoms with Crippen molar-refractivity contribution in [3.05, 3.63) is 0 Å². The number of carbonyl (C=O) groups is 1. The van der Waals surface area contributed by atoms with Gasteiger partial charge >= 0.3 is 6.18 Å². The second-order valence-corrected chi connectivity index (χ2v) is 4.11. The average Bonchev–Trinajstić information content (AvgIpc) is 2.61. The highest BCUT2D eigenvalue weighted by Crippen LogP contribution is 2.28. The van der Waals surface area contributed by atoms with E-state index in [9.17, 15) is 18.0 Å².